The summed E-state index contributed by atoms with van der Waals surface area (Å²) in [5.74, 6) is 0.0208. The smallest absolute Gasteiger partial charge is 0.216 e. The second kappa shape index (κ2) is 2.09. The molecule has 9 heavy (non-hydrogen) atoms. The average molecular weight is 126 g/mol. The predicted octanol–water partition coefficient (Wildman–Crippen LogP) is 1.23. The SMILES string of the molecule is Cc1cc(F)nc(C)n1. The van der Waals surface area contributed by atoms with Gasteiger partial charge < -0.3 is 0 Å². The van der Waals surface area contributed by atoms with Crippen LogP contribution in [0, 0.1) is 19.8 Å². The van der Waals surface area contributed by atoms with E-state index in [4.69, 9.17) is 0 Å². The van der Waals surface area contributed by atoms with Gasteiger partial charge in [-0.25, -0.2) is 9.97 Å². The van der Waals surface area contributed by atoms with Crippen LogP contribution in [-0.4, -0.2) is 9.97 Å². The summed E-state index contributed by atoms with van der Waals surface area (Å²) in [4.78, 5) is 7.34. The van der Waals surface area contributed by atoms with E-state index in [0.29, 0.717) is 11.5 Å². The van der Waals surface area contributed by atoms with Gasteiger partial charge in [0.2, 0.25) is 5.95 Å². The Morgan fingerprint density at radius 1 is 1.33 bits per heavy atom. The normalized spacial score (nSPS) is 9.67. The van der Waals surface area contributed by atoms with Gasteiger partial charge in [0.15, 0.2) is 0 Å². The number of halogens is 1. The summed E-state index contributed by atoms with van der Waals surface area (Å²) in [5, 5.41) is 0. The summed E-state index contributed by atoms with van der Waals surface area (Å²) in [7, 11) is 0. The minimum atomic E-state index is -0.458. The number of hydrogen-bond acceptors (Lipinski definition) is 2. The van der Waals surface area contributed by atoms with Crippen molar-refractivity contribution < 1.29 is 4.39 Å². The fourth-order valence-corrected chi connectivity index (χ4v) is 0.672. The van der Waals surface area contributed by atoms with Crippen LogP contribution in [0.15, 0.2) is 6.07 Å². The minimum absolute atomic E-state index is 0.458. The van der Waals surface area contributed by atoms with Gasteiger partial charge in [0, 0.05) is 11.8 Å². The molecule has 1 heterocycles. The molecule has 0 radical (unpaired) electrons. The van der Waals surface area contributed by atoms with Gasteiger partial charge in [-0.2, -0.15) is 4.39 Å². The third kappa shape index (κ3) is 1.45. The predicted molar refractivity (Wildman–Crippen MR) is 31.5 cm³/mol. The number of aromatic nitrogens is 2. The fraction of sp³-hybridized carbons (Fsp3) is 0.333. The molecule has 0 amide bonds. The summed E-state index contributed by atoms with van der Waals surface area (Å²) < 4.78 is 12.3. The lowest BCUT2D eigenvalue weighted by atomic mass is 10.4. The number of aryl methyl sites for hydroxylation is 2. The monoisotopic (exact) mass is 126 g/mol. The van der Waals surface area contributed by atoms with Crippen LogP contribution in [0.3, 0.4) is 0 Å². The van der Waals surface area contributed by atoms with Crippen molar-refractivity contribution in [3.05, 3.63) is 23.5 Å². The molecule has 3 heteroatoms. The van der Waals surface area contributed by atoms with Crippen LogP contribution in [0.2, 0.25) is 0 Å². The Bertz CT molecular complexity index is 172. The lowest BCUT2D eigenvalue weighted by molar-refractivity contribution is 0.572. The van der Waals surface area contributed by atoms with E-state index in [1.54, 1.807) is 13.8 Å². The number of nitrogens with zero attached hydrogens (tertiary/aromatic N) is 2. The van der Waals surface area contributed by atoms with Crippen LogP contribution >= 0.6 is 0 Å². The van der Waals surface area contributed by atoms with E-state index in [9.17, 15) is 4.39 Å². The molecule has 0 spiro atoms. The first-order valence-corrected chi connectivity index (χ1v) is 2.66. The quantitative estimate of drug-likeness (QED) is 0.488. The summed E-state index contributed by atoms with van der Waals surface area (Å²) in [6.45, 7) is 3.40. The molecule has 1 rings (SSSR count). The standard InChI is InChI=1S/C6H7FN2/c1-4-3-6(7)9-5(2)8-4/h3H,1-2H3. The summed E-state index contributed by atoms with van der Waals surface area (Å²) in [5.41, 5.74) is 0.667. The molecule has 0 aliphatic rings. The zero-order valence-electron chi connectivity index (χ0n) is 5.35. The van der Waals surface area contributed by atoms with Crippen LogP contribution < -0.4 is 0 Å². The summed E-state index contributed by atoms with van der Waals surface area (Å²) in [6, 6.07) is 1.30. The van der Waals surface area contributed by atoms with Crippen LogP contribution in [0.25, 0.3) is 0 Å². The Labute approximate surface area is 52.8 Å². The van der Waals surface area contributed by atoms with E-state index in [0.717, 1.165) is 0 Å². The van der Waals surface area contributed by atoms with Crippen molar-refractivity contribution in [1.82, 2.24) is 9.97 Å². The van der Waals surface area contributed by atoms with E-state index >= 15 is 0 Å². The molecular formula is C6H7FN2. The zero-order chi connectivity index (χ0) is 6.85. The van der Waals surface area contributed by atoms with Gasteiger partial charge in [-0.3, -0.25) is 0 Å². The first-order valence-electron chi connectivity index (χ1n) is 2.66. The lowest BCUT2D eigenvalue weighted by Gasteiger charge is -1.92. The molecule has 1 aromatic rings. The van der Waals surface area contributed by atoms with Crippen molar-refractivity contribution in [1.29, 1.82) is 0 Å². The van der Waals surface area contributed by atoms with Crippen LogP contribution in [0.1, 0.15) is 11.5 Å². The topological polar surface area (TPSA) is 25.8 Å². The largest absolute Gasteiger partial charge is 0.238 e. The molecule has 0 aromatic carbocycles. The first-order chi connectivity index (χ1) is 4.18. The van der Waals surface area contributed by atoms with Crippen LogP contribution in [0.4, 0.5) is 4.39 Å². The highest BCUT2D eigenvalue weighted by Gasteiger charge is 1.93. The van der Waals surface area contributed by atoms with Gasteiger partial charge >= 0.3 is 0 Å². The fourth-order valence-electron chi connectivity index (χ4n) is 0.672. The molecule has 2 nitrogen and oxygen atoms in total. The van der Waals surface area contributed by atoms with Gasteiger partial charge in [0.05, 0.1) is 0 Å². The molecule has 0 saturated carbocycles. The van der Waals surface area contributed by atoms with Gasteiger partial charge in [-0.05, 0) is 13.8 Å². The highest BCUT2D eigenvalue weighted by molar-refractivity contribution is 4.99. The van der Waals surface area contributed by atoms with Crippen LogP contribution in [0.5, 0.6) is 0 Å². The molecule has 0 saturated heterocycles. The lowest BCUT2D eigenvalue weighted by Crippen LogP contribution is -1.92. The van der Waals surface area contributed by atoms with E-state index in [2.05, 4.69) is 9.97 Å². The third-order valence-electron chi connectivity index (χ3n) is 0.935. The van der Waals surface area contributed by atoms with E-state index < -0.39 is 5.95 Å². The van der Waals surface area contributed by atoms with Crippen LogP contribution in [-0.2, 0) is 0 Å². The Hall–Kier alpha value is -0.990. The molecule has 0 N–H and O–H groups in total. The molecule has 0 bridgehead atoms. The Morgan fingerprint density at radius 2 is 2.00 bits per heavy atom. The van der Waals surface area contributed by atoms with Gasteiger partial charge in [-0.1, -0.05) is 0 Å². The molecule has 0 aliphatic carbocycles. The Balaban J connectivity index is 3.17. The molecule has 0 unspecified atom stereocenters. The summed E-state index contributed by atoms with van der Waals surface area (Å²) >= 11 is 0. The number of hydrogen-bond donors (Lipinski definition) is 0. The zero-order valence-corrected chi connectivity index (χ0v) is 5.35. The van der Waals surface area contributed by atoms with Gasteiger partial charge in [-0.15, -0.1) is 0 Å². The van der Waals surface area contributed by atoms with E-state index in [-0.39, 0.29) is 0 Å². The third-order valence-corrected chi connectivity index (χ3v) is 0.935. The molecule has 0 aliphatic heterocycles. The Morgan fingerprint density at radius 3 is 2.44 bits per heavy atom. The maximum Gasteiger partial charge on any atom is 0.216 e. The highest BCUT2D eigenvalue weighted by atomic mass is 19.1. The molecule has 1 aromatic heterocycles. The molecule has 0 atom stereocenters. The molecular weight excluding hydrogens is 119 g/mol. The molecule has 0 fully saturated rings. The second-order valence-corrected chi connectivity index (χ2v) is 1.88. The number of rotatable bonds is 0. The van der Waals surface area contributed by atoms with Gasteiger partial charge in [0.1, 0.15) is 5.82 Å². The maximum absolute atomic E-state index is 12.3. The van der Waals surface area contributed by atoms with Crippen molar-refractivity contribution in [2.75, 3.05) is 0 Å². The first kappa shape index (κ1) is 6.13. The van der Waals surface area contributed by atoms with Crippen molar-refractivity contribution in [3.63, 3.8) is 0 Å². The second-order valence-electron chi connectivity index (χ2n) is 1.88. The minimum Gasteiger partial charge on any atom is -0.238 e. The van der Waals surface area contributed by atoms with E-state index in [1.165, 1.54) is 6.07 Å². The van der Waals surface area contributed by atoms with Crippen molar-refractivity contribution >= 4 is 0 Å². The van der Waals surface area contributed by atoms with Gasteiger partial charge in [0.25, 0.3) is 0 Å². The summed E-state index contributed by atoms with van der Waals surface area (Å²) in [6.07, 6.45) is 0. The average Bonchev–Trinajstić information content (AvgIpc) is 1.59. The highest BCUT2D eigenvalue weighted by Crippen LogP contribution is 1.95. The maximum atomic E-state index is 12.3. The van der Waals surface area contributed by atoms with E-state index in [1.807, 2.05) is 0 Å². The van der Waals surface area contributed by atoms with Crippen molar-refractivity contribution in [2.45, 2.75) is 13.8 Å². The molecule has 48 valence electrons. The Kier molecular flexibility index (Phi) is 1.42. The van der Waals surface area contributed by atoms with Crippen molar-refractivity contribution in [2.24, 2.45) is 0 Å². The van der Waals surface area contributed by atoms with Crippen molar-refractivity contribution in [3.8, 4) is 0 Å².